The van der Waals surface area contributed by atoms with Crippen molar-refractivity contribution in [2.24, 2.45) is 5.73 Å². The number of aryl methyl sites for hydroxylation is 1. The molecule has 0 bridgehead atoms. The van der Waals surface area contributed by atoms with Gasteiger partial charge in [-0.2, -0.15) is 0 Å². The van der Waals surface area contributed by atoms with Gasteiger partial charge in [0, 0.05) is 12.7 Å². The van der Waals surface area contributed by atoms with Gasteiger partial charge in [0.15, 0.2) is 0 Å². The normalized spacial score (nSPS) is 11.4. The molecule has 0 aliphatic rings. The predicted molar refractivity (Wildman–Crippen MR) is 72.0 cm³/mol. The molecule has 18 heavy (non-hydrogen) atoms. The molecule has 0 unspecified atom stereocenters. The molecule has 2 rings (SSSR count). The van der Waals surface area contributed by atoms with Crippen LogP contribution in [0.1, 0.15) is 11.1 Å². The lowest BCUT2D eigenvalue weighted by Gasteiger charge is -2.07. The Balaban J connectivity index is 2.30. The van der Waals surface area contributed by atoms with Crippen molar-refractivity contribution in [1.29, 1.82) is 0 Å². The third kappa shape index (κ3) is 2.69. The van der Waals surface area contributed by atoms with Crippen LogP contribution in [0.2, 0.25) is 0 Å². The van der Waals surface area contributed by atoms with Gasteiger partial charge in [0.25, 0.3) is 10.0 Å². The van der Waals surface area contributed by atoms with Crippen molar-refractivity contribution in [3.8, 4) is 0 Å². The lowest BCUT2D eigenvalue weighted by molar-refractivity contribution is 0.603. The van der Waals surface area contributed by atoms with Crippen molar-refractivity contribution in [3.63, 3.8) is 0 Å². The lowest BCUT2D eigenvalue weighted by Crippen LogP contribution is -2.12. The Morgan fingerprint density at radius 3 is 2.89 bits per heavy atom. The van der Waals surface area contributed by atoms with Gasteiger partial charge in [-0.05, 0) is 35.6 Å². The van der Waals surface area contributed by atoms with E-state index in [1.807, 2.05) is 6.92 Å². The number of sulfonamides is 1. The van der Waals surface area contributed by atoms with Crippen molar-refractivity contribution in [3.05, 3.63) is 41.0 Å². The van der Waals surface area contributed by atoms with Crippen LogP contribution in [0.4, 0.5) is 5.69 Å². The van der Waals surface area contributed by atoms with Crippen molar-refractivity contribution in [1.82, 2.24) is 4.98 Å². The number of anilines is 1. The number of hydrogen-bond acceptors (Lipinski definition) is 5. The molecule has 0 spiro atoms. The highest BCUT2D eigenvalue weighted by atomic mass is 32.2. The van der Waals surface area contributed by atoms with E-state index in [4.69, 9.17) is 5.73 Å². The summed E-state index contributed by atoms with van der Waals surface area (Å²) in [7, 11) is -3.55. The lowest BCUT2D eigenvalue weighted by atomic mass is 10.3. The minimum absolute atomic E-state index is 0.256. The van der Waals surface area contributed by atoms with E-state index in [0.717, 1.165) is 22.5 Å². The van der Waals surface area contributed by atoms with Gasteiger partial charge in [-0.1, -0.05) is 0 Å². The zero-order valence-corrected chi connectivity index (χ0v) is 11.4. The Morgan fingerprint density at radius 1 is 1.50 bits per heavy atom. The molecule has 96 valence electrons. The Morgan fingerprint density at radius 2 is 2.28 bits per heavy atom. The fourth-order valence-electron chi connectivity index (χ4n) is 1.37. The molecule has 0 saturated heterocycles. The first-order valence-corrected chi connectivity index (χ1v) is 7.60. The van der Waals surface area contributed by atoms with Crippen molar-refractivity contribution in [2.45, 2.75) is 17.7 Å². The number of rotatable bonds is 4. The molecule has 0 aliphatic carbocycles. The van der Waals surface area contributed by atoms with Crippen LogP contribution in [-0.2, 0) is 16.6 Å². The molecule has 5 nitrogen and oxygen atoms in total. The van der Waals surface area contributed by atoms with E-state index >= 15 is 0 Å². The topological polar surface area (TPSA) is 85.1 Å². The second-order valence-electron chi connectivity index (χ2n) is 3.77. The summed E-state index contributed by atoms with van der Waals surface area (Å²) in [5.41, 5.74) is 7.58. The maximum absolute atomic E-state index is 12.1. The van der Waals surface area contributed by atoms with E-state index in [2.05, 4.69) is 9.71 Å². The number of pyridine rings is 1. The molecule has 0 fully saturated rings. The van der Waals surface area contributed by atoms with E-state index in [0.29, 0.717) is 12.2 Å². The van der Waals surface area contributed by atoms with Gasteiger partial charge >= 0.3 is 0 Å². The Labute approximate surface area is 110 Å². The SMILES string of the molecule is Cc1ccncc1NS(=O)(=O)c1cc(CN)cs1. The van der Waals surface area contributed by atoms with E-state index in [-0.39, 0.29) is 4.21 Å². The zero-order chi connectivity index (χ0) is 13.2. The fourth-order valence-corrected chi connectivity index (χ4v) is 3.70. The van der Waals surface area contributed by atoms with Gasteiger partial charge in [-0.15, -0.1) is 11.3 Å². The number of nitrogens with one attached hydrogen (secondary N) is 1. The fraction of sp³-hybridized carbons (Fsp3) is 0.182. The Kier molecular flexibility index (Phi) is 3.65. The number of hydrogen-bond donors (Lipinski definition) is 2. The third-order valence-electron chi connectivity index (χ3n) is 2.41. The highest BCUT2D eigenvalue weighted by molar-refractivity contribution is 7.94. The zero-order valence-electron chi connectivity index (χ0n) is 9.75. The van der Waals surface area contributed by atoms with Crippen LogP contribution in [0.5, 0.6) is 0 Å². The van der Waals surface area contributed by atoms with Gasteiger partial charge in [-0.25, -0.2) is 8.42 Å². The molecular formula is C11H13N3O2S2. The quantitative estimate of drug-likeness (QED) is 0.894. The average Bonchev–Trinajstić information content (AvgIpc) is 2.81. The number of nitrogens with two attached hydrogens (primary N) is 1. The first-order valence-electron chi connectivity index (χ1n) is 5.24. The summed E-state index contributed by atoms with van der Waals surface area (Å²) in [6, 6.07) is 3.33. The molecule has 0 radical (unpaired) electrons. The largest absolute Gasteiger partial charge is 0.326 e. The first kappa shape index (κ1) is 13.0. The van der Waals surface area contributed by atoms with Crippen LogP contribution in [-0.4, -0.2) is 13.4 Å². The molecule has 0 atom stereocenters. The van der Waals surface area contributed by atoms with Gasteiger partial charge in [-0.3, -0.25) is 9.71 Å². The van der Waals surface area contributed by atoms with Crippen LogP contribution < -0.4 is 10.5 Å². The third-order valence-corrected chi connectivity index (χ3v) is 5.27. The molecule has 0 amide bonds. The molecule has 2 aromatic rings. The maximum atomic E-state index is 12.1. The molecule has 0 aliphatic heterocycles. The van der Waals surface area contributed by atoms with Gasteiger partial charge in [0.2, 0.25) is 0 Å². The highest BCUT2D eigenvalue weighted by Gasteiger charge is 2.17. The summed E-state index contributed by atoms with van der Waals surface area (Å²) in [4.78, 5) is 3.90. The van der Waals surface area contributed by atoms with E-state index in [1.54, 1.807) is 23.7 Å². The van der Waals surface area contributed by atoms with Crippen LogP contribution >= 0.6 is 11.3 Å². The van der Waals surface area contributed by atoms with E-state index in [9.17, 15) is 8.42 Å². The average molecular weight is 283 g/mol. The number of nitrogens with zero attached hydrogens (tertiary/aromatic N) is 1. The molecule has 7 heteroatoms. The predicted octanol–water partition coefficient (Wildman–Crippen LogP) is 1.71. The van der Waals surface area contributed by atoms with Crippen molar-refractivity contribution < 1.29 is 8.42 Å². The van der Waals surface area contributed by atoms with Crippen LogP contribution in [0.15, 0.2) is 34.1 Å². The van der Waals surface area contributed by atoms with Crippen molar-refractivity contribution in [2.75, 3.05) is 4.72 Å². The molecule has 3 N–H and O–H groups in total. The summed E-state index contributed by atoms with van der Waals surface area (Å²) in [5.74, 6) is 0. The molecular weight excluding hydrogens is 270 g/mol. The molecule has 2 heterocycles. The summed E-state index contributed by atoms with van der Waals surface area (Å²) in [5, 5.41) is 1.74. The van der Waals surface area contributed by atoms with Crippen molar-refractivity contribution >= 4 is 27.0 Å². The van der Waals surface area contributed by atoms with E-state index < -0.39 is 10.0 Å². The minimum Gasteiger partial charge on any atom is -0.326 e. The van der Waals surface area contributed by atoms with Crippen LogP contribution in [0.25, 0.3) is 0 Å². The van der Waals surface area contributed by atoms with E-state index in [1.165, 1.54) is 6.20 Å². The highest BCUT2D eigenvalue weighted by Crippen LogP contribution is 2.23. The molecule has 0 saturated carbocycles. The van der Waals surface area contributed by atoms with Gasteiger partial charge in [0.05, 0.1) is 11.9 Å². The summed E-state index contributed by atoms with van der Waals surface area (Å²) >= 11 is 1.16. The Bertz CT molecular complexity index is 650. The Hall–Kier alpha value is -1.44. The maximum Gasteiger partial charge on any atom is 0.271 e. The van der Waals surface area contributed by atoms with Crippen LogP contribution in [0.3, 0.4) is 0 Å². The second kappa shape index (κ2) is 5.05. The minimum atomic E-state index is -3.55. The van der Waals surface area contributed by atoms with Crippen LogP contribution in [0, 0.1) is 6.92 Å². The van der Waals surface area contributed by atoms with Gasteiger partial charge < -0.3 is 5.73 Å². The number of thiophene rings is 1. The smallest absolute Gasteiger partial charge is 0.271 e. The second-order valence-corrected chi connectivity index (χ2v) is 6.59. The summed E-state index contributed by atoms with van der Waals surface area (Å²) in [6.07, 6.45) is 3.11. The van der Waals surface area contributed by atoms with Gasteiger partial charge in [0.1, 0.15) is 4.21 Å². The molecule has 2 aromatic heterocycles. The summed E-state index contributed by atoms with van der Waals surface area (Å²) in [6.45, 7) is 2.15. The monoisotopic (exact) mass is 283 g/mol. The first-order chi connectivity index (χ1) is 8.53. The number of aromatic nitrogens is 1. The molecule has 0 aromatic carbocycles. The standard InChI is InChI=1S/C11H13N3O2S2/c1-8-2-3-13-6-10(8)14-18(15,16)11-4-9(5-12)7-17-11/h2-4,6-7,14H,5,12H2,1H3. The summed E-state index contributed by atoms with van der Waals surface area (Å²) < 4.78 is 27.0.